The summed E-state index contributed by atoms with van der Waals surface area (Å²) in [5, 5.41) is 18.4. The molecule has 1 amide bonds. The second-order valence-corrected chi connectivity index (χ2v) is 6.66. The maximum atomic E-state index is 13.3. The van der Waals surface area contributed by atoms with E-state index in [-0.39, 0.29) is 5.91 Å². The van der Waals surface area contributed by atoms with Gasteiger partial charge in [-0.15, -0.1) is 0 Å². The summed E-state index contributed by atoms with van der Waals surface area (Å²) in [5.41, 5.74) is 2.57. The number of rotatable bonds is 4. The van der Waals surface area contributed by atoms with Gasteiger partial charge in [0.1, 0.15) is 11.8 Å². The summed E-state index contributed by atoms with van der Waals surface area (Å²) in [6.45, 7) is 1.82. The largest absolute Gasteiger partial charge is 0.495 e. The molecule has 142 valence electrons. The molecule has 2 N–H and O–H groups in total. The van der Waals surface area contributed by atoms with E-state index in [1.807, 2.05) is 31.2 Å². The van der Waals surface area contributed by atoms with Crippen LogP contribution < -0.4 is 15.4 Å². The van der Waals surface area contributed by atoms with Gasteiger partial charge < -0.3 is 15.4 Å². The van der Waals surface area contributed by atoms with Crippen LogP contribution in [0.15, 0.2) is 59.8 Å². The quantitative estimate of drug-likeness (QED) is 0.703. The lowest BCUT2D eigenvalue weighted by Gasteiger charge is -2.28. The second-order valence-electron chi connectivity index (χ2n) is 6.22. The molecule has 0 fully saturated rings. The molecule has 3 aromatic rings. The fourth-order valence-corrected chi connectivity index (χ4v) is 3.32. The number of anilines is 2. The van der Waals surface area contributed by atoms with Crippen LogP contribution in [0.2, 0.25) is 5.02 Å². The molecule has 8 nitrogen and oxygen atoms in total. The standard InChI is InChI=1S/C19H17ClN6O2/c1-11-16(18(27)22-14-5-3-4-6-15(14)28-2)17(12-7-9-13(20)10-8-12)26-19(21-11)23-24-25-26/h3-10,17H,1-2H3,(H,22,27)(H,21,23,25). The predicted octanol–water partition coefficient (Wildman–Crippen LogP) is 3.26. The Hall–Kier alpha value is -3.39. The first-order valence-electron chi connectivity index (χ1n) is 8.54. The Bertz CT molecular complexity index is 1060. The van der Waals surface area contributed by atoms with E-state index in [2.05, 4.69) is 26.2 Å². The second kappa shape index (κ2) is 7.32. The van der Waals surface area contributed by atoms with Gasteiger partial charge in [0.15, 0.2) is 0 Å². The molecular formula is C19H17ClN6O2. The number of carbonyl (C=O) groups excluding carboxylic acids is 1. The molecule has 1 unspecified atom stereocenters. The van der Waals surface area contributed by atoms with Gasteiger partial charge in [0.2, 0.25) is 5.95 Å². The zero-order chi connectivity index (χ0) is 19.7. The molecule has 9 heteroatoms. The first-order valence-corrected chi connectivity index (χ1v) is 8.91. The van der Waals surface area contributed by atoms with Gasteiger partial charge in [0.05, 0.1) is 18.4 Å². The van der Waals surface area contributed by atoms with Gasteiger partial charge in [-0.3, -0.25) is 4.79 Å². The zero-order valence-corrected chi connectivity index (χ0v) is 15.9. The van der Waals surface area contributed by atoms with Crippen LogP contribution in [-0.4, -0.2) is 33.2 Å². The number of halogens is 1. The highest BCUT2D eigenvalue weighted by molar-refractivity contribution is 6.30. The molecule has 0 spiro atoms. The zero-order valence-electron chi connectivity index (χ0n) is 15.2. The molecule has 1 atom stereocenters. The number of methoxy groups -OCH3 is 1. The van der Waals surface area contributed by atoms with Crippen LogP contribution in [0.5, 0.6) is 5.75 Å². The fourth-order valence-electron chi connectivity index (χ4n) is 3.20. The molecule has 1 aromatic heterocycles. The number of tetrazole rings is 1. The van der Waals surface area contributed by atoms with Crippen molar-refractivity contribution in [1.29, 1.82) is 0 Å². The fraction of sp³-hybridized carbons (Fsp3) is 0.158. The van der Waals surface area contributed by atoms with E-state index in [4.69, 9.17) is 16.3 Å². The number of fused-ring (bicyclic) bond motifs is 1. The number of allylic oxidation sites excluding steroid dienone is 1. The van der Waals surface area contributed by atoms with Gasteiger partial charge in [-0.2, -0.15) is 4.68 Å². The lowest BCUT2D eigenvalue weighted by Crippen LogP contribution is -2.31. The van der Waals surface area contributed by atoms with Crippen molar-refractivity contribution in [2.45, 2.75) is 13.0 Å². The van der Waals surface area contributed by atoms with Gasteiger partial charge in [0, 0.05) is 10.7 Å². The minimum absolute atomic E-state index is 0.282. The number of ether oxygens (including phenoxy) is 1. The Morgan fingerprint density at radius 2 is 1.96 bits per heavy atom. The highest BCUT2D eigenvalue weighted by Gasteiger charge is 2.34. The van der Waals surface area contributed by atoms with Crippen LogP contribution in [0.25, 0.3) is 0 Å². The van der Waals surface area contributed by atoms with E-state index in [1.54, 1.807) is 36.1 Å². The molecular weight excluding hydrogens is 380 g/mol. The summed E-state index contributed by atoms with van der Waals surface area (Å²) in [7, 11) is 1.56. The Balaban J connectivity index is 1.76. The van der Waals surface area contributed by atoms with Crippen molar-refractivity contribution in [3.8, 4) is 5.75 Å². The van der Waals surface area contributed by atoms with Gasteiger partial charge >= 0.3 is 0 Å². The number of carbonyl (C=O) groups is 1. The van der Waals surface area contributed by atoms with Crippen molar-refractivity contribution in [3.05, 3.63) is 70.4 Å². The summed E-state index contributed by atoms with van der Waals surface area (Å²) in [4.78, 5) is 13.3. The maximum Gasteiger partial charge on any atom is 0.255 e. The summed E-state index contributed by atoms with van der Waals surface area (Å²) in [6.07, 6.45) is 0. The number of aromatic nitrogens is 4. The van der Waals surface area contributed by atoms with E-state index in [0.717, 1.165) is 5.56 Å². The van der Waals surface area contributed by atoms with Crippen LogP contribution >= 0.6 is 11.6 Å². The van der Waals surface area contributed by atoms with Gasteiger partial charge in [-0.1, -0.05) is 41.0 Å². The van der Waals surface area contributed by atoms with Crippen molar-refractivity contribution in [3.63, 3.8) is 0 Å². The van der Waals surface area contributed by atoms with Crippen LogP contribution in [0.1, 0.15) is 18.5 Å². The van der Waals surface area contributed by atoms with E-state index in [9.17, 15) is 4.79 Å². The summed E-state index contributed by atoms with van der Waals surface area (Å²) >= 11 is 6.03. The predicted molar refractivity (Wildman–Crippen MR) is 105 cm³/mol. The van der Waals surface area contributed by atoms with E-state index in [0.29, 0.717) is 33.7 Å². The Labute approximate surface area is 166 Å². The minimum Gasteiger partial charge on any atom is -0.495 e. The molecule has 0 radical (unpaired) electrons. The van der Waals surface area contributed by atoms with Crippen molar-refractivity contribution < 1.29 is 9.53 Å². The third-order valence-electron chi connectivity index (χ3n) is 4.50. The third kappa shape index (κ3) is 3.18. The van der Waals surface area contributed by atoms with E-state index >= 15 is 0 Å². The van der Waals surface area contributed by atoms with E-state index < -0.39 is 6.04 Å². The highest BCUT2D eigenvalue weighted by atomic mass is 35.5. The number of para-hydroxylation sites is 2. The molecule has 2 heterocycles. The van der Waals surface area contributed by atoms with Gasteiger partial charge in [-0.25, -0.2) is 0 Å². The number of amides is 1. The molecule has 0 aliphatic carbocycles. The monoisotopic (exact) mass is 396 g/mol. The Morgan fingerprint density at radius 3 is 2.71 bits per heavy atom. The maximum absolute atomic E-state index is 13.3. The normalized spacial score (nSPS) is 15.6. The van der Waals surface area contributed by atoms with Crippen LogP contribution in [0.4, 0.5) is 11.6 Å². The lowest BCUT2D eigenvalue weighted by molar-refractivity contribution is -0.113. The first kappa shape index (κ1) is 18.0. The topological polar surface area (TPSA) is 94.0 Å². The lowest BCUT2D eigenvalue weighted by atomic mass is 9.95. The van der Waals surface area contributed by atoms with Crippen molar-refractivity contribution in [2.24, 2.45) is 0 Å². The number of benzene rings is 2. The first-order chi connectivity index (χ1) is 13.6. The number of nitrogens with zero attached hydrogens (tertiary/aromatic N) is 4. The van der Waals surface area contributed by atoms with Crippen LogP contribution in [-0.2, 0) is 4.79 Å². The molecule has 0 saturated heterocycles. The molecule has 0 bridgehead atoms. The minimum atomic E-state index is -0.502. The molecule has 28 heavy (non-hydrogen) atoms. The smallest absolute Gasteiger partial charge is 0.255 e. The van der Waals surface area contributed by atoms with Crippen molar-refractivity contribution in [1.82, 2.24) is 20.2 Å². The molecule has 4 rings (SSSR count). The summed E-state index contributed by atoms with van der Waals surface area (Å²) in [5.74, 6) is 0.755. The van der Waals surface area contributed by atoms with Crippen molar-refractivity contribution >= 4 is 29.1 Å². The number of nitrogens with one attached hydrogen (secondary N) is 2. The average Bonchev–Trinajstić information content (AvgIpc) is 3.16. The molecule has 2 aromatic carbocycles. The van der Waals surface area contributed by atoms with E-state index in [1.165, 1.54) is 0 Å². The summed E-state index contributed by atoms with van der Waals surface area (Å²) < 4.78 is 6.91. The SMILES string of the molecule is COc1ccccc1NC(=O)C1=C(C)Nc2nnnn2C1c1ccc(Cl)cc1. The number of hydrogen-bond acceptors (Lipinski definition) is 6. The molecule has 1 aliphatic rings. The summed E-state index contributed by atoms with van der Waals surface area (Å²) in [6, 6.07) is 14.0. The van der Waals surface area contributed by atoms with Crippen LogP contribution in [0.3, 0.4) is 0 Å². The Kier molecular flexibility index (Phi) is 4.70. The molecule has 0 saturated carbocycles. The van der Waals surface area contributed by atoms with Gasteiger partial charge in [0.25, 0.3) is 5.91 Å². The van der Waals surface area contributed by atoms with Crippen LogP contribution in [0, 0.1) is 0 Å². The van der Waals surface area contributed by atoms with Crippen molar-refractivity contribution in [2.75, 3.05) is 17.7 Å². The Morgan fingerprint density at radius 1 is 1.21 bits per heavy atom. The number of hydrogen-bond donors (Lipinski definition) is 2. The third-order valence-corrected chi connectivity index (χ3v) is 4.75. The van der Waals surface area contributed by atoms with Gasteiger partial charge in [-0.05, 0) is 47.2 Å². The molecule has 1 aliphatic heterocycles. The highest BCUT2D eigenvalue weighted by Crippen LogP contribution is 2.35. The average molecular weight is 397 g/mol.